The summed E-state index contributed by atoms with van der Waals surface area (Å²) in [7, 11) is -2.67. The monoisotopic (exact) mass is 701 g/mol. The van der Waals surface area contributed by atoms with Crippen molar-refractivity contribution in [3.63, 3.8) is 0 Å². The van der Waals surface area contributed by atoms with E-state index < -0.39 is 33.1 Å². The number of nitrogens with one attached hydrogen (secondary N) is 1. The highest BCUT2D eigenvalue weighted by molar-refractivity contribution is 7.89. The molecule has 0 saturated carbocycles. The van der Waals surface area contributed by atoms with Crippen LogP contribution < -0.4 is 10.5 Å². The molecule has 4 aromatic carbocycles. The fourth-order valence-electron chi connectivity index (χ4n) is 5.10. The highest BCUT2D eigenvalue weighted by atomic mass is 32.2. The van der Waals surface area contributed by atoms with E-state index in [0.717, 1.165) is 10.9 Å². The van der Waals surface area contributed by atoms with Gasteiger partial charge in [0, 0.05) is 37.3 Å². The maximum Gasteiger partial charge on any atom is 0.490 e. The third-order valence-corrected chi connectivity index (χ3v) is 9.43. The number of benzene rings is 4. The number of amides is 1. The molecule has 1 saturated heterocycles. The van der Waals surface area contributed by atoms with E-state index in [2.05, 4.69) is 0 Å². The van der Waals surface area contributed by atoms with Gasteiger partial charge in [0.15, 0.2) is 0 Å². The van der Waals surface area contributed by atoms with Crippen molar-refractivity contribution in [1.29, 1.82) is 5.41 Å². The number of hydrogen-bond acceptors (Lipinski definition) is 8. The van der Waals surface area contributed by atoms with Gasteiger partial charge in [0.2, 0.25) is 15.9 Å². The number of hydrogen-bond donors (Lipinski definition) is 3. The molecule has 4 N–H and O–H groups in total. The number of non-ortho nitro benzene ring substituents is 1. The number of amidine groups is 1. The van der Waals surface area contributed by atoms with Crippen LogP contribution in [0, 0.1) is 15.5 Å². The van der Waals surface area contributed by atoms with Gasteiger partial charge in [0.1, 0.15) is 17.6 Å². The van der Waals surface area contributed by atoms with Crippen molar-refractivity contribution in [1.82, 2.24) is 9.21 Å². The predicted octanol–water partition coefficient (Wildman–Crippen LogP) is 4.67. The number of nitrogens with zero attached hydrogens (tertiary/aromatic N) is 3. The van der Waals surface area contributed by atoms with Gasteiger partial charge in [0.25, 0.3) is 5.69 Å². The average Bonchev–Trinajstić information content (AvgIpc) is 3.41. The molecule has 13 nitrogen and oxygen atoms in total. The van der Waals surface area contributed by atoms with Crippen LogP contribution in [0.3, 0.4) is 0 Å². The van der Waals surface area contributed by atoms with E-state index in [4.69, 9.17) is 25.8 Å². The number of aliphatic carboxylic acids is 1. The summed E-state index contributed by atoms with van der Waals surface area (Å²) in [5.41, 5.74) is 7.31. The summed E-state index contributed by atoms with van der Waals surface area (Å²) in [6.07, 6.45) is -4.82. The van der Waals surface area contributed by atoms with Gasteiger partial charge in [-0.15, -0.1) is 0 Å². The van der Waals surface area contributed by atoms with Gasteiger partial charge in [-0.3, -0.25) is 20.3 Å². The molecule has 0 radical (unpaired) electrons. The summed E-state index contributed by atoms with van der Waals surface area (Å²) in [6, 6.07) is 21.8. The molecule has 1 aliphatic heterocycles. The lowest BCUT2D eigenvalue weighted by molar-refractivity contribution is -0.384. The summed E-state index contributed by atoms with van der Waals surface area (Å²) in [6.45, 7) is 0.410. The van der Waals surface area contributed by atoms with Gasteiger partial charge in [-0.2, -0.15) is 17.5 Å². The molecule has 17 heteroatoms. The Balaban J connectivity index is 0.000000698. The highest BCUT2D eigenvalue weighted by Gasteiger charge is 2.42. The van der Waals surface area contributed by atoms with E-state index in [0.29, 0.717) is 28.8 Å². The van der Waals surface area contributed by atoms with Gasteiger partial charge >= 0.3 is 12.1 Å². The van der Waals surface area contributed by atoms with Crippen molar-refractivity contribution in [2.45, 2.75) is 36.6 Å². The minimum atomic E-state index is -5.08. The summed E-state index contributed by atoms with van der Waals surface area (Å²) in [4.78, 5) is 34.9. The van der Waals surface area contributed by atoms with Crippen molar-refractivity contribution < 1.29 is 45.9 Å². The number of rotatable bonds is 10. The van der Waals surface area contributed by atoms with Crippen molar-refractivity contribution in [3.8, 4) is 5.75 Å². The number of nitrogen functional groups attached to an aromatic ring is 1. The Kier molecular flexibility index (Phi) is 10.9. The minimum Gasteiger partial charge on any atom is -0.497 e. The number of nitrogens with two attached hydrogens (primary N) is 1. The molecule has 1 atom stereocenters. The lowest BCUT2D eigenvalue weighted by Gasteiger charge is -2.28. The largest absolute Gasteiger partial charge is 0.497 e. The second-order valence-electron chi connectivity index (χ2n) is 10.8. The molecule has 4 aromatic rings. The quantitative estimate of drug-likeness (QED) is 0.0911. The Labute approximate surface area is 278 Å². The van der Waals surface area contributed by atoms with Gasteiger partial charge in [-0.05, 0) is 58.7 Å². The normalized spacial score (nSPS) is 14.8. The fourth-order valence-corrected chi connectivity index (χ4v) is 6.73. The molecule has 1 fully saturated rings. The van der Waals surface area contributed by atoms with Crippen LogP contribution in [0.4, 0.5) is 18.9 Å². The van der Waals surface area contributed by atoms with Crippen molar-refractivity contribution >= 4 is 44.2 Å². The summed E-state index contributed by atoms with van der Waals surface area (Å²) < 4.78 is 66.6. The van der Waals surface area contributed by atoms with E-state index in [1.165, 1.54) is 41.7 Å². The molecule has 49 heavy (non-hydrogen) atoms. The highest BCUT2D eigenvalue weighted by Crippen LogP contribution is 2.31. The van der Waals surface area contributed by atoms with Crippen LogP contribution in [-0.2, 0) is 32.7 Å². The molecule has 0 aromatic heterocycles. The summed E-state index contributed by atoms with van der Waals surface area (Å²) >= 11 is 0. The van der Waals surface area contributed by atoms with E-state index in [1.807, 2.05) is 12.1 Å². The molecule has 0 spiro atoms. The fraction of sp³-hybridized carbons (Fsp3) is 0.219. The van der Waals surface area contributed by atoms with E-state index in [1.54, 1.807) is 47.4 Å². The Morgan fingerprint density at radius 2 is 1.71 bits per heavy atom. The first-order valence-corrected chi connectivity index (χ1v) is 15.8. The molecular formula is C32H30F3N5O8S. The third kappa shape index (κ3) is 8.68. The first kappa shape index (κ1) is 36.3. The van der Waals surface area contributed by atoms with Gasteiger partial charge in [-0.25, -0.2) is 13.2 Å². The number of halogens is 3. The Bertz CT molecular complexity index is 2010. The first-order chi connectivity index (χ1) is 23.0. The summed E-state index contributed by atoms with van der Waals surface area (Å²) in [5.74, 6) is -2.62. The van der Waals surface area contributed by atoms with Crippen LogP contribution in [0.15, 0.2) is 89.8 Å². The van der Waals surface area contributed by atoms with Crippen LogP contribution in [0.2, 0.25) is 0 Å². The lowest BCUT2D eigenvalue weighted by atomic mass is 10.1. The Morgan fingerprint density at radius 3 is 2.31 bits per heavy atom. The topological polar surface area (TPSA) is 197 Å². The number of nitro groups is 1. The van der Waals surface area contributed by atoms with Gasteiger partial charge in [-0.1, -0.05) is 42.5 Å². The summed E-state index contributed by atoms with van der Waals surface area (Å²) in [5, 5.41) is 27.5. The predicted molar refractivity (Wildman–Crippen MR) is 171 cm³/mol. The van der Waals surface area contributed by atoms with E-state index >= 15 is 0 Å². The van der Waals surface area contributed by atoms with Crippen molar-refractivity contribution in [3.05, 3.63) is 112 Å². The number of fused-ring (bicyclic) bond motifs is 1. The second-order valence-corrected chi connectivity index (χ2v) is 12.7. The minimum absolute atomic E-state index is 0.0191. The van der Waals surface area contributed by atoms with Crippen molar-refractivity contribution in [2.75, 3.05) is 13.7 Å². The lowest BCUT2D eigenvalue weighted by Crippen LogP contribution is -2.44. The van der Waals surface area contributed by atoms with Crippen molar-refractivity contribution in [2.24, 2.45) is 5.73 Å². The molecule has 1 heterocycles. The second kappa shape index (κ2) is 14.7. The number of likely N-dealkylation sites (tertiary alicyclic amines) is 1. The zero-order chi connectivity index (χ0) is 36.1. The molecule has 258 valence electrons. The Morgan fingerprint density at radius 1 is 1.06 bits per heavy atom. The zero-order valence-corrected chi connectivity index (χ0v) is 26.6. The molecule has 0 unspecified atom stereocenters. The average molecular weight is 702 g/mol. The van der Waals surface area contributed by atoms with Crippen LogP contribution in [0.5, 0.6) is 5.75 Å². The molecule has 1 amide bonds. The SMILES string of the molecule is COc1ccc2ccc(S(=O)(=O)N(Cc3ccc([N+](=O)[O-])cc3)[C@H]3CCN(Cc4cccc(C(=N)N)c4)C3=O)cc2c1.O=C(O)C(F)(F)F. The number of carbonyl (C=O) groups is 2. The number of carboxylic acid groups (broad SMARTS) is 1. The molecule has 0 aliphatic carbocycles. The third-order valence-electron chi connectivity index (χ3n) is 7.58. The zero-order valence-electron chi connectivity index (χ0n) is 25.8. The number of methoxy groups -OCH3 is 1. The number of carboxylic acids is 1. The van der Waals surface area contributed by atoms with Crippen LogP contribution in [0.25, 0.3) is 10.8 Å². The molecule has 1 aliphatic rings. The van der Waals surface area contributed by atoms with Gasteiger partial charge in [0.05, 0.1) is 16.9 Å². The van der Waals surface area contributed by atoms with E-state index in [9.17, 15) is 36.5 Å². The number of nitro benzene ring substituents is 1. The number of carbonyl (C=O) groups excluding carboxylic acids is 1. The van der Waals surface area contributed by atoms with Gasteiger partial charge < -0.3 is 20.5 Å². The standard InChI is InChI=1S/C30H29N5O6S.C2HF3O2/c1-41-26-11-7-22-8-12-27(17-24(22)16-26)42(39,40)34(19-20-5-9-25(10-6-20)35(37)38)28-13-14-33(30(28)36)18-21-3-2-4-23(15-21)29(31)32;3-2(4,5)1(6)7/h2-12,15-17,28H,13-14,18-19H2,1H3,(H3,31,32);(H,6,7)/t28-;/m0./s1. The van der Waals surface area contributed by atoms with Crippen LogP contribution in [-0.4, -0.2) is 71.2 Å². The molecule has 0 bridgehead atoms. The number of alkyl halides is 3. The first-order valence-electron chi connectivity index (χ1n) is 14.4. The van der Waals surface area contributed by atoms with Crippen LogP contribution >= 0.6 is 0 Å². The molecular weight excluding hydrogens is 671 g/mol. The Hall–Kier alpha value is -5.55. The van der Waals surface area contributed by atoms with E-state index in [-0.39, 0.29) is 41.8 Å². The maximum absolute atomic E-state index is 14.2. The smallest absolute Gasteiger partial charge is 0.490 e. The number of ether oxygens (including phenoxy) is 1. The number of sulfonamides is 1. The maximum atomic E-state index is 14.2. The van der Waals surface area contributed by atoms with Crippen LogP contribution in [0.1, 0.15) is 23.1 Å². The molecule has 5 rings (SSSR count).